The first-order chi connectivity index (χ1) is 15.7. The maximum atomic E-state index is 12.9. The van der Waals surface area contributed by atoms with Crippen molar-refractivity contribution in [1.82, 2.24) is 14.8 Å². The zero-order valence-electron chi connectivity index (χ0n) is 17.4. The summed E-state index contributed by atoms with van der Waals surface area (Å²) < 4.78 is 1.68. The Bertz CT molecular complexity index is 1360. The molecule has 2 aromatic heterocycles. The number of anilines is 1. The molecule has 156 valence electrons. The first kappa shape index (κ1) is 19.9. The summed E-state index contributed by atoms with van der Waals surface area (Å²) in [6, 6.07) is 29.5. The minimum absolute atomic E-state index is 0.189. The zero-order valence-corrected chi connectivity index (χ0v) is 18.2. The second-order valence-electron chi connectivity index (χ2n) is 7.36. The van der Waals surface area contributed by atoms with Gasteiger partial charge in [-0.1, -0.05) is 72.8 Å². The highest BCUT2D eigenvalue weighted by atomic mass is 32.1. The molecule has 0 atom stereocenters. The van der Waals surface area contributed by atoms with Crippen LogP contribution < -0.4 is 5.32 Å². The topological polar surface area (TPSA) is 59.8 Å². The van der Waals surface area contributed by atoms with Gasteiger partial charge in [-0.3, -0.25) is 4.79 Å². The maximum Gasteiger partial charge on any atom is 0.256 e. The average molecular weight is 437 g/mol. The van der Waals surface area contributed by atoms with E-state index in [1.807, 2.05) is 103 Å². The minimum Gasteiger partial charge on any atom is -0.306 e. The van der Waals surface area contributed by atoms with Crippen LogP contribution in [0.1, 0.15) is 16.1 Å². The lowest BCUT2D eigenvalue weighted by molar-refractivity contribution is 0.102. The van der Waals surface area contributed by atoms with Crippen molar-refractivity contribution >= 4 is 23.1 Å². The van der Waals surface area contributed by atoms with Gasteiger partial charge in [0, 0.05) is 22.6 Å². The quantitative estimate of drug-likeness (QED) is 0.356. The summed E-state index contributed by atoms with van der Waals surface area (Å²) in [5, 5.41) is 10.2. The molecule has 5 aromatic rings. The summed E-state index contributed by atoms with van der Waals surface area (Å²) in [6.07, 6.45) is 0. The fourth-order valence-corrected chi connectivity index (χ4v) is 4.27. The molecule has 0 saturated heterocycles. The van der Waals surface area contributed by atoms with E-state index in [4.69, 9.17) is 4.98 Å². The monoisotopic (exact) mass is 436 g/mol. The van der Waals surface area contributed by atoms with Crippen LogP contribution in [0.25, 0.3) is 27.5 Å². The van der Waals surface area contributed by atoms with E-state index < -0.39 is 0 Å². The van der Waals surface area contributed by atoms with Crippen LogP contribution in [0.15, 0.2) is 96.4 Å². The van der Waals surface area contributed by atoms with E-state index in [0.717, 1.165) is 28.1 Å². The van der Waals surface area contributed by atoms with Gasteiger partial charge in [-0.25, -0.2) is 4.98 Å². The lowest BCUT2D eigenvalue weighted by Crippen LogP contribution is -2.15. The number of hydrogen-bond donors (Lipinski definition) is 1. The van der Waals surface area contributed by atoms with Gasteiger partial charge in [0.1, 0.15) is 5.82 Å². The van der Waals surface area contributed by atoms with E-state index in [0.29, 0.717) is 16.5 Å². The largest absolute Gasteiger partial charge is 0.306 e. The third-order valence-electron chi connectivity index (χ3n) is 5.07. The van der Waals surface area contributed by atoms with Crippen molar-refractivity contribution in [3.8, 4) is 27.5 Å². The van der Waals surface area contributed by atoms with Gasteiger partial charge in [0.25, 0.3) is 5.91 Å². The number of nitrogens with zero attached hydrogens (tertiary/aromatic N) is 3. The number of hydrogen-bond acceptors (Lipinski definition) is 4. The van der Waals surface area contributed by atoms with Crippen molar-refractivity contribution in [2.75, 3.05) is 5.32 Å². The molecule has 0 saturated carbocycles. The van der Waals surface area contributed by atoms with Crippen LogP contribution in [0.3, 0.4) is 0 Å². The fraction of sp³-hybridized carbons (Fsp3) is 0.0385. The van der Waals surface area contributed by atoms with Gasteiger partial charge in [0.15, 0.2) is 0 Å². The van der Waals surface area contributed by atoms with Gasteiger partial charge in [-0.2, -0.15) is 9.78 Å². The zero-order chi connectivity index (χ0) is 21.9. The first-order valence-electron chi connectivity index (χ1n) is 10.2. The number of thiazole rings is 1. The van der Waals surface area contributed by atoms with E-state index in [2.05, 4.69) is 10.4 Å². The van der Waals surface area contributed by atoms with Gasteiger partial charge < -0.3 is 5.32 Å². The minimum atomic E-state index is -0.189. The molecule has 1 amide bonds. The molecule has 0 bridgehead atoms. The Morgan fingerprint density at radius 2 is 1.47 bits per heavy atom. The molecule has 0 fully saturated rings. The standard InChI is InChI=1S/C26H20N4OS/c1-18-16-24(30(29-18)26-27-23(17-32-26)21-10-6-3-7-11-21)28-25(31)22-14-12-20(13-15-22)19-8-4-2-5-9-19/h2-17H,1H3,(H,28,31). The molecular weight excluding hydrogens is 416 g/mol. The van der Waals surface area contributed by atoms with Crippen LogP contribution in [-0.4, -0.2) is 20.7 Å². The number of carbonyl (C=O) groups excluding carboxylic acids is 1. The summed E-state index contributed by atoms with van der Waals surface area (Å²) >= 11 is 1.49. The smallest absolute Gasteiger partial charge is 0.256 e. The third kappa shape index (κ3) is 4.08. The molecule has 2 heterocycles. The lowest BCUT2D eigenvalue weighted by Gasteiger charge is -2.08. The van der Waals surface area contributed by atoms with Crippen LogP contribution in [0, 0.1) is 6.92 Å². The third-order valence-corrected chi connectivity index (χ3v) is 5.89. The molecule has 3 aromatic carbocycles. The molecule has 0 radical (unpaired) electrons. The molecule has 0 unspecified atom stereocenters. The Balaban J connectivity index is 1.38. The van der Waals surface area contributed by atoms with Crippen molar-refractivity contribution in [3.63, 3.8) is 0 Å². The number of carbonyl (C=O) groups is 1. The molecule has 0 aliphatic heterocycles. The molecule has 6 heteroatoms. The van der Waals surface area contributed by atoms with Crippen molar-refractivity contribution in [3.05, 3.63) is 108 Å². The van der Waals surface area contributed by atoms with Crippen LogP contribution in [0.5, 0.6) is 0 Å². The predicted molar refractivity (Wildman–Crippen MR) is 129 cm³/mol. The molecule has 32 heavy (non-hydrogen) atoms. The van der Waals surface area contributed by atoms with Crippen molar-refractivity contribution in [1.29, 1.82) is 0 Å². The summed E-state index contributed by atoms with van der Waals surface area (Å²) in [7, 11) is 0. The first-order valence-corrected chi connectivity index (χ1v) is 11.1. The fourth-order valence-electron chi connectivity index (χ4n) is 3.47. The number of rotatable bonds is 5. The van der Waals surface area contributed by atoms with E-state index >= 15 is 0 Å². The maximum absolute atomic E-state index is 12.9. The Hall–Kier alpha value is -4.03. The summed E-state index contributed by atoms with van der Waals surface area (Å²) in [4.78, 5) is 17.6. The SMILES string of the molecule is Cc1cc(NC(=O)c2ccc(-c3ccccc3)cc2)n(-c2nc(-c3ccccc3)cs2)n1. The molecule has 5 nitrogen and oxygen atoms in total. The van der Waals surface area contributed by atoms with Gasteiger partial charge in [0.05, 0.1) is 11.4 Å². The molecule has 5 rings (SSSR count). The highest BCUT2D eigenvalue weighted by molar-refractivity contribution is 7.12. The van der Waals surface area contributed by atoms with Gasteiger partial charge in [-0.15, -0.1) is 11.3 Å². The molecule has 0 aliphatic carbocycles. The Morgan fingerprint density at radius 1 is 0.844 bits per heavy atom. The Kier molecular flexibility index (Phi) is 5.35. The average Bonchev–Trinajstić information content (AvgIpc) is 3.47. The number of aryl methyl sites for hydroxylation is 1. The van der Waals surface area contributed by atoms with E-state index in [-0.39, 0.29) is 5.91 Å². The Labute approximate surface area is 190 Å². The van der Waals surface area contributed by atoms with E-state index in [9.17, 15) is 4.79 Å². The Morgan fingerprint density at radius 3 is 2.16 bits per heavy atom. The van der Waals surface area contributed by atoms with Gasteiger partial charge >= 0.3 is 0 Å². The number of nitrogens with one attached hydrogen (secondary N) is 1. The van der Waals surface area contributed by atoms with E-state index in [1.165, 1.54) is 11.3 Å². The highest BCUT2D eigenvalue weighted by Gasteiger charge is 2.15. The van der Waals surface area contributed by atoms with Crippen molar-refractivity contribution in [2.45, 2.75) is 6.92 Å². The molecule has 0 aliphatic rings. The predicted octanol–water partition coefficient (Wildman–Crippen LogP) is 6.22. The number of aromatic nitrogens is 3. The van der Waals surface area contributed by atoms with Crippen molar-refractivity contribution < 1.29 is 4.79 Å². The van der Waals surface area contributed by atoms with Crippen LogP contribution in [0.2, 0.25) is 0 Å². The normalized spacial score (nSPS) is 10.8. The second-order valence-corrected chi connectivity index (χ2v) is 8.20. The van der Waals surface area contributed by atoms with Crippen LogP contribution >= 0.6 is 11.3 Å². The van der Waals surface area contributed by atoms with Crippen molar-refractivity contribution in [2.24, 2.45) is 0 Å². The summed E-state index contributed by atoms with van der Waals surface area (Å²) in [6.45, 7) is 1.90. The second kappa shape index (κ2) is 8.61. The summed E-state index contributed by atoms with van der Waals surface area (Å²) in [5.74, 6) is 0.402. The van der Waals surface area contributed by atoms with Crippen LogP contribution in [-0.2, 0) is 0 Å². The molecule has 1 N–H and O–H groups in total. The highest BCUT2D eigenvalue weighted by Crippen LogP contribution is 2.27. The van der Waals surface area contributed by atoms with Gasteiger partial charge in [0.2, 0.25) is 5.13 Å². The van der Waals surface area contributed by atoms with Gasteiger partial charge in [-0.05, 0) is 30.2 Å². The van der Waals surface area contributed by atoms with E-state index in [1.54, 1.807) is 4.68 Å². The van der Waals surface area contributed by atoms with Crippen LogP contribution in [0.4, 0.5) is 5.82 Å². The summed E-state index contributed by atoms with van der Waals surface area (Å²) in [5.41, 5.74) is 5.50. The lowest BCUT2D eigenvalue weighted by atomic mass is 10.0. The molecular formula is C26H20N4OS. The number of amides is 1. The molecule has 0 spiro atoms. The number of benzene rings is 3.